The van der Waals surface area contributed by atoms with Gasteiger partial charge in [-0.05, 0) is 23.8 Å². The van der Waals surface area contributed by atoms with E-state index in [1.807, 2.05) is 37.2 Å². The number of rotatable bonds is 2. The van der Waals surface area contributed by atoms with E-state index in [4.69, 9.17) is 21.3 Å². The first kappa shape index (κ1) is 15.8. The van der Waals surface area contributed by atoms with Crippen molar-refractivity contribution in [2.75, 3.05) is 21.2 Å². The van der Waals surface area contributed by atoms with E-state index in [-0.39, 0.29) is 5.82 Å². The first-order valence-electron chi connectivity index (χ1n) is 7.36. The number of hydrogen-bond donors (Lipinski definition) is 0. The van der Waals surface area contributed by atoms with Gasteiger partial charge in [0.1, 0.15) is 23.4 Å². The van der Waals surface area contributed by atoms with E-state index in [1.54, 1.807) is 19.2 Å². The highest BCUT2D eigenvalue weighted by molar-refractivity contribution is 6.31. The highest BCUT2D eigenvalue weighted by Crippen LogP contribution is 2.42. The Morgan fingerprint density at radius 3 is 2.57 bits per heavy atom. The third-order valence-electron chi connectivity index (χ3n) is 4.07. The van der Waals surface area contributed by atoms with Crippen molar-refractivity contribution in [3.63, 3.8) is 0 Å². The highest BCUT2D eigenvalue weighted by atomic mass is 35.5. The van der Waals surface area contributed by atoms with E-state index in [0.29, 0.717) is 22.8 Å². The monoisotopic (exact) mass is 332 g/mol. The van der Waals surface area contributed by atoms with E-state index in [0.717, 1.165) is 17.0 Å². The highest BCUT2D eigenvalue weighted by Gasteiger charge is 2.30. The Kier molecular flexibility index (Phi) is 4.26. The second kappa shape index (κ2) is 6.20. The molecule has 2 aromatic carbocycles. The van der Waals surface area contributed by atoms with Gasteiger partial charge in [-0.25, -0.2) is 4.39 Å². The average molecular weight is 333 g/mol. The predicted octanol–water partition coefficient (Wildman–Crippen LogP) is 4.09. The molecule has 3 rings (SSSR count). The van der Waals surface area contributed by atoms with Crippen LogP contribution in [0.3, 0.4) is 0 Å². The maximum absolute atomic E-state index is 14.5. The van der Waals surface area contributed by atoms with Gasteiger partial charge in [-0.15, -0.1) is 0 Å². The zero-order valence-corrected chi connectivity index (χ0v) is 14.1. The lowest BCUT2D eigenvalue weighted by molar-refractivity contribution is 0.405. The molecule has 1 aliphatic heterocycles. The van der Waals surface area contributed by atoms with E-state index >= 15 is 0 Å². The van der Waals surface area contributed by atoms with Gasteiger partial charge in [0.05, 0.1) is 7.11 Å². The zero-order chi connectivity index (χ0) is 16.6. The fourth-order valence-corrected chi connectivity index (χ4v) is 3.18. The summed E-state index contributed by atoms with van der Waals surface area (Å²) in [5, 5.41) is 0.371. The normalized spacial score (nSPS) is 16.6. The Hall–Kier alpha value is -2.07. The van der Waals surface area contributed by atoms with Crippen molar-refractivity contribution < 1.29 is 9.13 Å². The van der Waals surface area contributed by atoms with Gasteiger partial charge in [0.2, 0.25) is 0 Å². The van der Waals surface area contributed by atoms with Crippen LogP contribution in [0, 0.1) is 5.82 Å². The van der Waals surface area contributed by atoms with Crippen LogP contribution in [0.15, 0.2) is 41.4 Å². The molecule has 0 bridgehead atoms. The Morgan fingerprint density at radius 2 is 1.91 bits per heavy atom. The molecule has 2 aromatic rings. The van der Waals surface area contributed by atoms with Crippen molar-refractivity contribution in [1.29, 1.82) is 0 Å². The van der Waals surface area contributed by atoms with Crippen LogP contribution in [-0.2, 0) is 6.42 Å². The minimum Gasteiger partial charge on any atom is -0.496 e. The Morgan fingerprint density at radius 1 is 1.17 bits per heavy atom. The molecule has 120 valence electrons. The summed E-state index contributed by atoms with van der Waals surface area (Å²) >= 11 is 6.29. The van der Waals surface area contributed by atoms with Gasteiger partial charge >= 0.3 is 0 Å². The van der Waals surface area contributed by atoms with Crippen LogP contribution < -0.4 is 4.74 Å². The smallest absolute Gasteiger partial charge is 0.130 e. The van der Waals surface area contributed by atoms with Crippen molar-refractivity contribution in [2.45, 2.75) is 12.5 Å². The lowest BCUT2D eigenvalue weighted by Crippen LogP contribution is -2.29. The summed E-state index contributed by atoms with van der Waals surface area (Å²) in [6.45, 7) is 0. The number of methoxy groups -OCH3 is 1. The molecule has 0 amide bonds. The standard InChI is InChI=1S/C18H18ClFN2O/c1-22(2)15-10-11-6-4-9-14(23-3)16(11)18(21-15)17-12(19)7-5-8-13(17)20/h4-9,18H,10H2,1-3H3. The Labute approximate surface area is 140 Å². The van der Waals surface area contributed by atoms with Crippen LogP contribution in [0.1, 0.15) is 22.7 Å². The van der Waals surface area contributed by atoms with E-state index < -0.39 is 6.04 Å². The molecule has 0 N–H and O–H groups in total. The number of benzene rings is 2. The number of likely N-dealkylation sites (N-methyl/N-ethyl adjacent to an activating group) is 1. The first-order chi connectivity index (χ1) is 11.0. The second-order valence-corrected chi connectivity index (χ2v) is 6.09. The summed E-state index contributed by atoms with van der Waals surface area (Å²) in [6, 6.07) is 10.0. The van der Waals surface area contributed by atoms with Crippen molar-refractivity contribution >= 4 is 17.4 Å². The maximum Gasteiger partial charge on any atom is 0.130 e. The lowest BCUT2D eigenvalue weighted by atomic mass is 9.89. The summed E-state index contributed by atoms with van der Waals surface area (Å²) in [5.41, 5.74) is 2.35. The predicted molar refractivity (Wildman–Crippen MR) is 91.1 cm³/mol. The molecule has 3 nitrogen and oxygen atoms in total. The van der Waals surface area contributed by atoms with Gasteiger partial charge < -0.3 is 9.64 Å². The first-order valence-corrected chi connectivity index (χ1v) is 7.74. The van der Waals surface area contributed by atoms with Crippen LogP contribution in [0.2, 0.25) is 5.02 Å². The molecule has 23 heavy (non-hydrogen) atoms. The van der Waals surface area contributed by atoms with Crippen LogP contribution >= 0.6 is 11.6 Å². The SMILES string of the molecule is COc1cccc2c1C(c1c(F)cccc1Cl)N=C(N(C)C)C2. The second-order valence-electron chi connectivity index (χ2n) is 5.69. The molecular weight excluding hydrogens is 315 g/mol. The average Bonchev–Trinajstić information content (AvgIpc) is 2.53. The summed E-state index contributed by atoms with van der Waals surface area (Å²) in [4.78, 5) is 6.71. The fourth-order valence-electron chi connectivity index (χ4n) is 2.92. The molecule has 0 spiro atoms. The molecule has 0 saturated carbocycles. The number of fused-ring (bicyclic) bond motifs is 1. The largest absolute Gasteiger partial charge is 0.496 e. The molecule has 0 radical (unpaired) electrons. The van der Waals surface area contributed by atoms with Crippen LogP contribution in [0.25, 0.3) is 0 Å². The van der Waals surface area contributed by atoms with E-state index in [9.17, 15) is 4.39 Å². The summed E-state index contributed by atoms with van der Waals surface area (Å²) < 4.78 is 20.0. The molecule has 5 heteroatoms. The molecule has 1 unspecified atom stereocenters. The molecule has 0 saturated heterocycles. The van der Waals surface area contributed by atoms with E-state index in [1.165, 1.54) is 6.07 Å². The minimum atomic E-state index is -0.513. The van der Waals surface area contributed by atoms with Gasteiger partial charge in [-0.3, -0.25) is 4.99 Å². The van der Waals surface area contributed by atoms with Gasteiger partial charge in [-0.1, -0.05) is 29.8 Å². The molecular formula is C18H18ClFN2O. The topological polar surface area (TPSA) is 24.8 Å². The lowest BCUT2D eigenvalue weighted by Gasteiger charge is -2.29. The van der Waals surface area contributed by atoms with Crippen molar-refractivity contribution in [2.24, 2.45) is 4.99 Å². The van der Waals surface area contributed by atoms with Crippen molar-refractivity contribution in [3.8, 4) is 5.75 Å². The van der Waals surface area contributed by atoms with Gasteiger partial charge in [0.25, 0.3) is 0 Å². The summed E-state index contributed by atoms with van der Waals surface area (Å²) in [6.07, 6.45) is 0.683. The molecule has 0 fully saturated rings. The van der Waals surface area contributed by atoms with Crippen molar-refractivity contribution in [3.05, 3.63) is 63.9 Å². The van der Waals surface area contributed by atoms with E-state index in [2.05, 4.69) is 0 Å². The fraction of sp³-hybridized carbons (Fsp3) is 0.278. The third kappa shape index (κ3) is 2.79. The number of aliphatic imine (C=N–C) groups is 1. The Balaban J connectivity index is 2.26. The Bertz CT molecular complexity index is 753. The molecule has 1 atom stereocenters. The molecule has 1 heterocycles. The summed E-state index contributed by atoms with van der Waals surface area (Å²) in [5.74, 6) is 1.23. The van der Waals surface area contributed by atoms with Gasteiger partial charge in [-0.2, -0.15) is 0 Å². The van der Waals surface area contributed by atoms with Crippen LogP contribution in [-0.4, -0.2) is 31.9 Å². The van der Waals surface area contributed by atoms with Gasteiger partial charge in [0, 0.05) is 36.7 Å². The number of nitrogens with zero attached hydrogens (tertiary/aromatic N) is 2. The number of hydrogen-bond acceptors (Lipinski definition) is 3. The minimum absolute atomic E-state index is 0.358. The van der Waals surface area contributed by atoms with Crippen LogP contribution in [0.4, 0.5) is 4.39 Å². The third-order valence-corrected chi connectivity index (χ3v) is 4.40. The van der Waals surface area contributed by atoms with Crippen LogP contribution in [0.5, 0.6) is 5.75 Å². The maximum atomic E-state index is 14.5. The quantitative estimate of drug-likeness (QED) is 0.827. The van der Waals surface area contributed by atoms with Gasteiger partial charge in [0.15, 0.2) is 0 Å². The number of ether oxygens (including phenoxy) is 1. The molecule has 0 aliphatic carbocycles. The summed E-state index contributed by atoms with van der Waals surface area (Å²) in [7, 11) is 5.48. The number of halogens is 2. The molecule has 1 aliphatic rings. The van der Waals surface area contributed by atoms with Crippen molar-refractivity contribution in [1.82, 2.24) is 4.90 Å². The molecule has 0 aromatic heterocycles. The number of amidine groups is 1. The zero-order valence-electron chi connectivity index (χ0n) is 13.3.